The number of aryl methyl sites for hydroxylation is 2. The zero-order chi connectivity index (χ0) is 15.1. The van der Waals surface area contributed by atoms with E-state index in [1.54, 1.807) is 0 Å². The predicted octanol–water partition coefficient (Wildman–Crippen LogP) is 3.86. The molecular weight excluding hydrogens is 373 g/mol. The number of alkyl halides is 1. The van der Waals surface area contributed by atoms with Crippen molar-refractivity contribution in [2.45, 2.75) is 38.5 Å². The van der Waals surface area contributed by atoms with E-state index in [1.165, 1.54) is 33.8 Å². The minimum Gasteiger partial charge on any atom is -0.383 e. The van der Waals surface area contributed by atoms with E-state index >= 15 is 0 Å². The summed E-state index contributed by atoms with van der Waals surface area (Å²) < 4.78 is 1.20. The molecular formula is C17H24IN3. The number of aromatic nitrogens is 1. The lowest BCUT2D eigenvalue weighted by atomic mass is 9.99. The second-order valence-electron chi connectivity index (χ2n) is 5.41. The number of hydrogen-bond donors (Lipinski definition) is 2. The average molecular weight is 397 g/mol. The van der Waals surface area contributed by atoms with Gasteiger partial charge < -0.3 is 11.5 Å². The van der Waals surface area contributed by atoms with Crippen LogP contribution in [0.4, 0.5) is 5.82 Å². The molecule has 0 atom stereocenters. The molecule has 2 rings (SSSR count). The Morgan fingerprint density at radius 3 is 2.52 bits per heavy atom. The van der Waals surface area contributed by atoms with Crippen LogP contribution in [0.1, 0.15) is 36.8 Å². The molecule has 1 aromatic heterocycles. The molecule has 2 aromatic rings. The number of nitrogens with two attached hydrogens (primary N) is 2. The van der Waals surface area contributed by atoms with Gasteiger partial charge in [-0.3, -0.25) is 0 Å². The smallest absolute Gasteiger partial charge is 0.127 e. The molecule has 0 saturated carbocycles. The summed E-state index contributed by atoms with van der Waals surface area (Å²) in [5, 5.41) is 1.26. The van der Waals surface area contributed by atoms with Crippen molar-refractivity contribution < 1.29 is 0 Å². The first-order chi connectivity index (χ1) is 10.3. The molecule has 4 heteroatoms. The third-order valence-corrected chi connectivity index (χ3v) is 4.55. The maximum absolute atomic E-state index is 6.11. The number of unbranched alkanes of at least 4 members (excludes halogenated alkanes) is 2. The van der Waals surface area contributed by atoms with Gasteiger partial charge in [0, 0.05) is 5.39 Å². The number of benzene rings is 1. The highest BCUT2D eigenvalue weighted by molar-refractivity contribution is 14.1. The van der Waals surface area contributed by atoms with Crippen LogP contribution in [-0.2, 0) is 12.8 Å². The van der Waals surface area contributed by atoms with E-state index in [0.717, 1.165) is 37.7 Å². The average Bonchev–Trinajstić information content (AvgIpc) is 2.48. The van der Waals surface area contributed by atoms with Crippen molar-refractivity contribution in [2.75, 3.05) is 16.7 Å². The van der Waals surface area contributed by atoms with Crippen molar-refractivity contribution in [2.24, 2.45) is 5.73 Å². The van der Waals surface area contributed by atoms with Gasteiger partial charge in [0.1, 0.15) is 5.82 Å². The number of rotatable bonds is 8. The van der Waals surface area contributed by atoms with Crippen LogP contribution in [0.2, 0.25) is 0 Å². The van der Waals surface area contributed by atoms with Crippen LogP contribution in [0.5, 0.6) is 0 Å². The normalized spacial score (nSPS) is 11.1. The van der Waals surface area contributed by atoms with Crippen LogP contribution in [0, 0.1) is 0 Å². The molecule has 4 N–H and O–H groups in total. The molecule has 3 nitrogen and oxygen atoms in total. The van der Waals surface area contributed by atoms with Crippen molar-refractivity contribution in [1.82, 2.24) is 4.98 Å². The maximum atomic E-state index is 6.11. The van der Waals surface area contributed by atoms with E-state index in [0.29, 0.717) is 5.82 Å². The summed E-state index contributed by atoms with van der Waals surface area (Å²) in [6, 6.07) is 8.57. The first-order valence-corrected chi connectivity index (χ1v) is 9.22. The van der Waals surface area contributed by atoms with Crippen LogP contribution in [0.3, 0.4) is 0 Å². The SMILES string of the molecule is NCCCCc1cccc2nc(N)c(CCCCI)cc12. The van der Waals surface area contributed by atoms with Gasteiger partial charge in [-0.2, -0.15) is 0 Å². The Morgan fingerprint density at radius 1 is 1.00 bits per heavy atom. The van der Waals surface area contributed by atoms with Gasteiger partial charge in [0.15, 0.2) is 0 Å². The van der Waals surface area contributed by atoms with Crippen molar-refractivity contribution in [3.8, 4) is 0 Å². The molecule has 0 aliphatic rings. The lowest BCUT2D eigenvalue weighted by Crippen LogP contribution is -2.01. The minimum absolute atomic E-state index is 0.690. The second-order valence-corrected chi connectivity index (χ2v) is 6.49. The molecule has 0 fully saturated rings. The predicted molar refractivity (Wildman–Crippen MR) is 100.0 cm³/mol. The van der Waals surface area contributed by atoms with E-state index in [9.17, 15) is 0 Å². The highest BCUT2D eigenvalue weighted by Crippen LogP contribution is 2.24. The Balaban J connectivity index is 2.26. The summed E-state index contributed by atoms with van der Waals surface area (Å²) in [4.78, 5) is 4.59. The van der Waals surface area contributed by atoms with Crippen LogP contribution in [0.25, 0.3) is 10.9 Å². The Kier molecular flexibility index (Phi) is 6.70. The Morgan fingerprint density at radius 2 is 1.76 bits per heavy atom. The maximum Gasteiger partial charge on any atom is 0.127 e. The van der Waals surface area contributed by atoms with Crippen LogP contribution >= 0.6 is 22.6 Å². The van der Waals surface area contributed by atoms with E-state index in [1.807, 2.05) is 6.07 Å². The topological polar surface area (TPSA) is 64.9 Å². The summed E-state index contributed by atoms with van der Waals surface area (Å²) in [5.41, 5.74) is 15.3. The van der Waals surface area contributed by atoms with Crippen molar-refractivity contribution in [3.63, 3.8) is 0 Å². The molecule has 0 radical (unpaired) electrons. The number of halogens is 1. The molecule has 0 amide bonds. The first-order valence-electron chi connectivity index (χ1n) is 7.69. The number of hydrogen-bond acceptors (Lipinski definition) is 3. The molecule has 0 aliphatic heterocycles. The highest BCUT2D eigenvalue weighted by atomic mass is 127. The van der Waals surface area contributed by atoms with Gasteiger partial charge in [-0.05, 0) is 72.8 Å². The largest absolute Gasteiger partial charge is 0.383 e. The van der Waals surface area contributed by atoms with E-state index in [-0.39, 0.29) is 0 Å². The van der Waals surface area contributed by atoms with Crippen LogP contribution in [-0.4, -0.2) is 16.0 Å². The lowest BCUT2D eigenvalue weighted by Gasteiger charge is -2.10. The summed E-state index contributed by atoms with van der Waals surface area (Å²) in [5.74, 6) is 0.690. The fraction of sp³-hybridized carbons (Fsp3) is 0.471. The zero-order valence-electron chi connectivity index (χ0n) is 12.4. The molecule has 0 bridgehead atoms. The summed E-state index contributed by atoms with van der Waals surface area (Å²) in [6.07, 6.45) is 6.69. The lowest BCUT2D eigenvalue weighted by molar-refractivity contribution is 0.747. The van der Waals surface area contributed by atoms with Crippen LogP contribution < -0.4 is 11.5 Å². The van der Waals surface area contributed by atoms with Crippen molar-refractivity contribution >= 4 is 39.3 Å². The van der Waals surface area contributed by atoms with Gasteiger partial charge in [0.2, 0.25) is 0 Å². The number of pyridine rings is 1. The molecule has 1 aromatic carbocycles. The Hall–Kier alpha value is -0.880. The molecule has 0 spiro atoms. The Labute approximate surface area is 140 Å². The molecule has 114 valence electrons. The number of fused-ring (bicyclic) bond motifs is 1. The van der Waals surface area contributed by atoms with Crippen molar-refractivity contribution in [3.05, 3.63) is 35.4 Å². The third-order valence-electron chi connectivity index (χ3n) is 3.79. The highest BCUT2D eigenvalue weighted by Gasteiger charge is 2.07. The summed E-state index contributed by atoms with van der Waals surface area (Å²) in [7, 11) is 0. The van der Waals surface area contributed by atoms with Gasteiger partial charge in [0.25, 0.3) is 0 Å². The van der Waals surface area contributed by atoms with Crippen molar-refractivity contribution in [1.29, 1.82) is 0 Å². The van der Waals surface area contributed by atoms with Gasteiger partial charge >= 0.3 is 0 Å². The van der Waals surface area contributed by atoms with Crippen LogP contribution in [0.15, 0.2) is 24.3 Å². The fourth-order valence-corrected chi connectivity index (χ4v) is 3.14. The van der Waals surface area contributed by atoms with E-state index in [4.69, 9.17) is 11.5 Å². The number of anilines is 1. The second kappa shape index (κ2) is 8.54. The fourth-order valence-electron chi connectivity index (χ4n) is 2.60. The number of nitrogens with zero attached hydrogens (tertiary/aromatic N) is 1. The standard InChI is InChI=1S/C17H24IN3/c18-10-3-1-7-14-12-15-13(6-2-4-11-19)8-5-9-16(15)21-17(14)20/h5,8-9,12H,1-4,6-7,10-11,19H2,(H2,20,21). The molecule has 21 heavy (non-hydrogen) atoms. The minimum atomic E-state index is 0.690. The first kappa shape index (κ1) is 16.5. The van der Waals surface area contributed by atoms with Gasteiger partial charge in [-0.25, -0.2) is 4.98 Å². The molecule has 0 saturated heterocycles. The van der Waals surface area contributed by atoms with E-state index in [2.05, 4.69) is 45.8 Å². The third kappa shape index (κ3) is 4.54. The van der Waals surface area contributed by atoms with Gasteiger partial charge in [-0.1, -0.05) is 34.7 Å². The number of nitrogen functional groups attached to an aromatic ring is 1. The monoisotopic (exact) mass is 397 g/mol. The molecule has 0 unspecified atom stereocenters. The molecule has 1 heterocycles. The summed E-state index contributed by atoms with van der Waals surface area (Å²) in [6.45, 7) is 0.761. The quantitative estimate of drug-likeness (QED) is 0.404. The zero-order valence-corrected chi connectivity index (χ0v) is 14.6. The summed E-state index contributed by atoms with van der Waals surface area (Å²) >= 11 is 2.42. The van der Waals surface area contributed by atoms with Gasteiger partial charge in [-0.15, -0.1) is 0 Å². The molecule has 0 aliphatic carbocycles. The van der Waals surface area contributed by atoms with Gasteiger partial charge in [0.05, 0.1) is 5.52 Å². The Bertz CT molecular complexity index is 584. The van der Waals surface area contributed by atoms with E-state index < -0.39 is 0 Å².